The molecule has 1 aliphatic heterocycles. The van der Waals surface area contributed by atoms with Crippen LogP contribution in [0.5, 0.6) is 0 Å². The Kier molecular flexibility index (Phi) is 7.47. The van der Waals surface area contributed by atoms with E-state index < -0.39 is 10.0 Å². The minimum Gasteiger partial charge on any atom is -0.371 e. The van der Waals surface area contributed by atoms with Gasteiger partial charge in [-0.2, -0.15) is 0 Å². The summed E-state index contributed by atoms with van der Waals surface area (Å²) in [4.78, 5) is 16.9. The number of sulfonamides is 1. The molecule has 0 spiro atoms. The molecule has 3 N–H and O–H groups in total. The van der Waals surface area contributed by atoms with Crippen LogP contribution in [0.3, 0.4) is 0 Å². The highest BCUT2D eigenvalue weighted by Gasteiger charge is 2.23. The Labute approximate surface area is 178 Å². The number of carbonyl (C=O) groups excluding carboxylic acids is 1. The smallest absolute Gasteiger partial charge is 0.238 e. The van der Waals surface area contributed by atoms with Crippen molar-refractivity contribution in [3.8, 4) is 0 Å². The van der Waals surface area contributed by atoms with E-state index in [-0.39, 0.29) is 10.8 Å². The van der Waals surface area contributed by atoms with Crippen LogP contribution >= 0.6 is 0 Å². The Hall–Kier alpha value is -2.42. The van der Waals surface area contributed by atoms with Crippen molar-refractivity contribution in [1.82, 2.24) is 10.2 Å². The molecule has 3 rings (SSSR count). The first-order valence-electron chi connectivity index (χ1n) is 10.2. The van der Waals surface area contributed by atoms with Gasteiger partial charge in [0.15, 0.2) is 0 Å². The largest absolute Gasteiger partial charge is 0.371 e. The highest BCUT2D eigenvalue weighted by molar-refractivity contribution is 7.89. The summed E-state index contributed by atoms with van der Waals surface area (Å²) in [5.74, 6) is 0.00384. The highest BCUT2D eigenvalue weighted by Crippen LogP contribution is 2.21. The lowest BCUT2D eigenvalue weighted by molar-refractivity contribution is -0.122. The van der Waals surface area contributed by atoms with Gasteiger partial charge in [-0.3, -0.25) is 9.69 Å². The minimum absolute atomic E-state index is 0.00384. The Morgan fingerprint density at radius 1 is 1.10 bits per heavy atom. The fourth-order valence-electron chi connectivity index (χ4n) is 3.81. The summed E-state index contributed by atoms with van der Waals surface area (Å²) < 4.78 is 22.6. The number of nitrogens with one attached hydrogen (secondary N) is 1. The van der Waals surface area contributed by atoms with E-state index in [1.165, 1.54) is 17.8 Å². The Morgan fingerprint density at radius 2 is 1.73 bits per heavy atom. The summed E-state index contributed by atoms with van der Waals surface area (Å²) >= 11 is 0. The Morgan fingerprint density at radius 3 is 2.33 bits per heavy atom. The maximum absolute atomic E-state index is 12.3. The molecule has 0 atom stereocenters. The molecule has 2 aromatic carbocycles. The van der Waals surface area contributed by atoms with Crippen LogP contribution in [0.4, 0.5) is 5.69 Å². The third kappa shape index (κ3) is 6.29. The first-order chi connectivity index (χ1) is 14.3. The molecule has 8 heteroatoms. The van der Waals surface area contributed by atoms with Crippen molar-refractivity contribution in [1.29, 1.82) is 0 Å². The number of anilines is 1. The minimum atomic E-state index is -3.68. The van der Waals surface area contributed by atoms with Gasteiger partial charge in [0.1, 0.15) is 0 Å². The number of carbonyl (C=O) groups is 1. The van der Waals surface area contributed by atoms with Crippen molar-refractivity contribution < 1.29 is 13.2 Å². The van der Waals surface area contributed by atoms with Gasteiger partial charge < -0.3 is 10.2 Å². The molecule has 30 heavy (non-hydrogen) atoms. The summed E-state index contributed by atoms with van der Waals surface area (Å²) in [6.45, 7) is 2.87. The number of benzene rings is 2. The van der Waals surface area contributed by atoms with Gasteiger partial charge in [0.2, 0.25) is 15.9 Å². The highest BCUT2D eigenvalue weighted by atomic mass is 32.2. The van der Waals surface area contributed by atoms with Crippen molar-refractivity contribution in [3.63, 3.8) is 0 Å². The second kappa shape index (κ2) is 10.1. The Balaban J connectivity index is 1.38. The Bertz CT molecular complexity index is 925. The van der Waals surface area contributed by atoms with Crippen LogP contribution in [0, 0.1) is 0 Å². The molecule has 1 amide bonds. The molecule has 0 aromatic heterocycles. The lowest BCUT2D eigenvalue weighted by atomic mass is 10.0. The lowest BCUT2D eigenvalue weighted by Gasteiger charge is -2.37. The normalized spacial score (nSPS) is 15.4. The number of amides is 1. The molecule has 1 fully saturated rings. The van der Waals surface area contributed by atoms with Crippen molar-refractivity contribution in [2.75, 3.05) is 38.1 Å². The molecule has 0 unspecified atom stereocenters. The number of hydrogen-bond acceptors (Lipinski definition) is 5. The molecule has 1 saturated heterocycles. The summed E-state index contributed by atoms with van der Waals surface area (Å²) in [6.07, 6.45) is 2.71. The topological polar surface area (TPSA) is 95.7 Å². The van der Waals surface area contributed by atoms with Gasteiger partial charge >= 0.3 is 0 Å². The van der Waals surface area contributed by atoms with Gasteiger partial charge in [-0.25, -0.2) is 13.6 Å². The van der Waals surface area contributed by atoms with Crippen molar-refractivity contribution >= 4 is 21.6 Å². The number of rotatable bonds is 8. The second-order valence-corrected chi connectivity index (χ2v) is 9.32. The van der Waals surface area contributed by atoms with Gasteiger partial charge in [-0.15, -0.1) is 0 Å². The fraction of sp³-hybridized carbons (Fsp3) is 0.409. The lowest BCUT2D eigenvalue weighted by Crippen LogP contribution is -2.46. The summed E-state index contributed by atoms with van der Waals surface area (Å²) in [6, 6.07) is 17.3. The zero-order valence-corrected chi connectivity index (χ0v) is 18.1. The van der Waals surface area contributed by atoms with E-state index in [1.807, 2.05) is 13.1 Å². The fourth-order valence-corrected chi connectivity index (χ4v) is 4.32. The number of nitrogens with two attached hydrogens (primary N) is 1. The van der Waals surface area contributed by atoms with Crippen LogP contribution < -0.4 is 15.4 Å². The number of likely N-dealkylation sites (N-methyl/N-ethyl adjacent to an activating group) is 1. The van der Waals surface area contributed by atoms with Crippen LogP contribution in [0.15, 0.2) is 59.5 Å². The molecular weight excluding hydrogens is 400 g/mol. The maximum atomic E-state index is 12.3. The molecule has 0 aliphatic carbocycles. The van der Waals surface area contributed by atoms with Crippen LogP contribution in [-0.4, -0.2) is 58.5 Å². The van der Waals surface area contributed by atoms with Gasteiger partial charge in [-0.05, 0) is 56.1 Å². The van der Waals surface area contributed by atoms with Crippen LogP contribution in [0.25, 0.3) is 0 Å². The van der Waals surface area contributed by atoms with E-state index in [9.17, 15) is 13.2 Å². The van der Waals surface area contributed by atoms with Crippen LogP contribution in [0.1, 0.15) is 18.4 Å². The molecule has 1 aliphatic rings. The van der Waals surface area contributed by atoms with Crippen molar-refractivity contribution in [3.05, 3.63) is 60.2 Å². The van der Waals surface area contributed by atoms with Gasteiger partial charge in [0, 0.05) is 31.4 Å². The predicted octanol–water partition coefficient (Wildman–Crippen LogP) is 1.59. The van der Waals surface area contributed by atoms with E-state index in [1.54, 1.807) is 12.1 Å². The quantitative estimate of drug-likeness (QED) is 0.663. The molecule has 162 valence electrons. The molecule has 1 heterocycles. The number of para-hydroxylation sites is 1. The predicted molar refractivity (Wildman–Crippen MR) is 119 cm³/mol. The van der Waals surface area contributed by atoms with E-state index in [0.717, 1.165) is 31.5 Å². The van der Waals surface area contributed by atoms with Gasteiger partial charge in [0.25, 0.3) is 0 Å². The monoisotopic (exact) mass is 430 g/mol. The zero-order chi connectivity index (χ0) is 21.6. The average Bonchev–Trinajstić information content (AvgIpc) is 2.74. The standard InChI is InChI=1S/C22H30N4O3S/c1-25(19-12-15-26(16-13-19)20-5-3-2-4-6-20)17-22(27)24-14-11-18-7-9-21(10-8-18)30(23,28)29/h2-10,19H,11-17H2,1H3,(H,24,27)(H2,23,28,29). The van der Waals surface area contributed by atoms with Crippen LogP contribution in [-0.2, 0) is 21.2 Å². The molecule has 7 nitrogen and oxygen atoms in total. The van der Waals surface area contributed by atoms with E-state index in [2.05, 4.69) is 39.4 Å². The first kappa shape index (κ1) is 22.3. The summed E-state index contributed by atoms with van der Waals surface area (Å²) in [5, 5.41) is 8.05. The number of primary sulfonamides is 1. The molecule has 0 bridgehead atoms. The number of hydrogen-bond donors (Lipinski definition) is 2. The SMILES string of the molecule is CN(CC(=O)NCCc1ccc(S(N)(=O)=O)cc1)C1CCN(c2ccccc2)CC1. The summed E-state index contributed by atoms with van der Waals surface area (Å²) in [5.41, 5.74) is 2.21. The van der Waals surface area contributed by atoms with Crippen LogP contribution in [0.2, 0.25) is 0 Å². The first-order valence-corrected chi connectivity index (χ1v) is 11.8. The zero-order valence-electron chi connectivity index (χ0n) is 17.3. The molecular formula is C22H30N4O3S. The third-order valence-corrected chi connectivity index (χ3v) is 6.52. The molecule has 0 radical (unpaired) electrons. The average molecular weight is 431 g/mol. The van der Waals surface area contributed by atoms with E-state index >= 15 is 0 Å². The van der Waals surface area contributed by atoms with Crippen molar-refractivity contribution in [2.45, 2.75) is 30.2 Å². The molecule has 0 saturated carbocycles. The molecule has 2 aromatic rings. The van der Waals surface area contributed by atoms with E-state index in [0.29, 0.717) is 25.6 Å². The van der Waals surface area contributed by atoms with Crippen molar-refractivity contribution in [2.24, 2.45) is 5.14 Å². The second-order valence-electron chi connectivity index (χ2n) is 7.76. The van der Waals surface area contributed by atoms with Gasteiger partial charge in [-0.1, -0.05) is 30.3 Å². The third-order valence-electron chi connectivity index (χ3n) is 5.59. The van der Waals surface area contributed by atoms with Gasteiger partial charge in [0.05, 0.1) is 11.4 Å². The summed E-state index contributed by atoms with van der Waals surface area (Å²) in [7, 11) is -1.67. The van der Waals surface area contributed by atoms with E-state index in [4.69, 9.17) is 5.14 Å². The maximum Gasteiger partial charge on any atom is 0.238 e. The number of nitrogens with zero attached hydrogens (tertiary/aromatic N) is 2. The number of piperidine rings is 1.